The first kappa shape index (κ1) is 13.9. The van der Waals surface area contributed by atoms with Crippen molar-refractivity contribution in [2.45, 2.75) is 31.8 Å². The Bertz CT molecular complexity index is 723. The number of aromatic nitrogens is 2. The van der Waals surface area contributed by atoms with E-state index in [0.29, 0.717) is 35.5 Å². The molecule has 0 radical (unpaired) electrons. The number of hydrogen-bond acceptors (Lipinski definition) is 5. The molecule has 1 fully saturated rings. The van der Waals surface area contributed by atoms with Crippen LogP contribution in [0.5, 0.6) is 0 Å². The minimum Gasteiger partial charge on any atom is -0.399 e. The fraction of sp³-hybridized carbons (Fsp3) is 0.467. The minimum absolute atomic E-state index is 0.182. The van der Waals surface area contributed by atoms with Gasteiger partial charge >= 0.3 is 0 Å². The van der Waals surface area contributed by atoms with E-state index in [1.54, 1.807) is 18.2 Å². The van der Waals surface area contributed by atoms with Crippen LogP contribution >= 0.6 is 0 Å². The van der Waals surface area contributed by atoms with E-state index in [4.69, 9.17) is 5.73 Å². The van der Waals surface area contributed by atoms with Crippen molar-refractivity contribution < 1.29 is 5.11 Å². The molecule has 1 atom stereocenters. The molecule has 1 aromatic heterocycles. The number of nitrogens with zero attached hydrogens (tertiary/aromatic N) is 2. The summed E-state index contributed by atoms with van der Waals surface area (Å²) < 4.78 is 0. The molecule has 0 amide bonds. The van der Waals surface area contributed by atoms with Gasteiger partial charge in [-0.25, -0.2) is 4.98 Å². The number of nitrogens with one attached hydrogen (secondary N) is 1. The Hall–Kier alpha value is -2.08. The zero-order valence-electron chi connectivity index (χ0n) is 12.1. The van der Waals surface area contributed by atoms with Gasteiger partial charge in [-0.1, -0.05) is 0 Å². The Balaban J connectivity index is 1.97. The van der Waals surface area contributed by atoms with E-state index in [1.165, 1.54) is 0 Å². The summed E-state index contributed by atoms with van der Waals surface area (Å²) in [7, 11) is 0. The summed E-state index contributed by atoms with van der Waals surface area (Å²) >= 11 is 0. The van der Waals surface area contributed by atoms with Crippen LogP contribution in [-0.4, -0.2) is 33.8 Å². The van der Waals surface area contributed by atoms with Gasteiger partial charge in [-0.3, -0.25) is 9.78 Å². The second-order valence-corrected chi connectivity index (χ2v) is 6.00. The van der Waals surface area contributed by atoms with Gasteiger partial charge in [0.25, 0.3) is 5.56 Å². The number of aliphatic hydroxyl groups is 1. The van der Waals surface area contributed by atoms with Crippen LogP contribution in [0.4, 0.5) is 11.6 Å². The van der Waals surface area contributed by atoms with Gasteiger partial charge in [-0.15, -0.1) is 0 Å². The number of rotatable bonds is 1. The Morgan fingerprint density at radius 1 is 1.38 bits per heavy atom. The molecule has 0 aliphatic carbocycles. The third-order valence-electron chi connectivity index (χ3n) is 4.08. The molecule has 1 unspecified atom stereocenters. The summed E-state index contributed by atoms with van der Waals surface area (Å²) in [6, 6.07) is 5.14. The van der Waals surface area contributed by atoms with Gasteiger partial charge in [-0.05, 0) is 44.4 Å². The third kappa shape index (κ3) is 2.85. The number of nitrogen functional groups attached to an aromatic ring is 1. The number of H-pyrrole nitrogens is 1. The standard InChI is InChI=1S/C15H20N4O2/c1-15(21)5-2-7-19(8-6-15)14-17-12-4-3-10(16)9-11(12)13(20)18-14/h3-4,9,21H,2,5-8,16H2,1H3,(H,17,18,20). The molecular formula is C15H20N4O2. The second kappa shape index (κ2) is 5.04. The van der Waals surface area contributed by atoms with Crippen LogP contribution in [0, 0.1) is 0 Å². The number of nitrogens with two attached hydrogens (primary N) is 1. The predicted octanol–water partition coefficient (Wildman–Crippen LogP) is 1.25. The van der Waals surface area contributed by atoms with Crippen molar-refractivity contribution in [1.82, 2.24) is 9.97 Å². The molecule has 6 nitrogen and oxygen atoms in total. The van der Waals surface area contributed by atoms with E-state index in [0.717, 1.165) is 19.4 Å². The van der Waals surface area contributed by atoms with E-state index in [1.807, 2.05) is 11.8 Å². The van der Waals surface area contributed by atoms with Crippen molar-refractivity contribution in [2.24, 2.45) is 0 Å². The fourth-order valence-electron chi connectivity index (χ4n) is 2.77. The summed E-state index contributed by atoms with van der Waals surface area (Å²) in [5.41, 5.74) is 6.07. The van der Waals surface area contributed by atoms with Crippen LogP contribution in [0.15, 0.2) is 23.0 Å². The SMILES string of the molecule is CC1(O)CCCN(c2nc3ccc(N)cc3c(=O)[nH]2)CC1. The van der Waals surface area contributed by atoms with Crippen LogP contribution in [0.3, 0.4) is 0 Å². The van der Waals surface area contributed by atoms with Crippen molar-refractivity contribution in [3.05, 3.63) is 28.6 Å². The quantitative estimate of drug-likeness (QED) is 0.686. The van der Waals surface area contributed by atoms with E-state index in [2.05, 4.69) is 9.97 Å². The maximum atomic E-state index is 12.2. The topological polar surface area (TPSA) is 95.2 Å². The van der Waals surface area contributed by atoms with Crippen molar-refractivity contribution in [1.29, 1.82) is 0 Å². The Morgan fingerprint density at radius 2 is 2.19 bits per heavy atom. The second-order valence-electron chi connectivity index (χ2n) is 6.00. The molecule has 3 rings (SSSR count). The highest BCUT2D eigenvalue weighted by Gasteiger charge is 2.26. The van der Waals surface area contributed by atoms with E-state index in [-0.39, 0.29) is 5.56 Å². The zero-order chi connectivity index (χ0) is 15.0. The molecule has 2 heterocycles. The molecule has 0 saturated carbocycles. The van der Waals surface area contributed by atoms with Gasteiger partial charge in [0.05, 0.1) is 16.5 Å². The molecular weight excluding hydrogens is 268 g/mol. The molecule has 6 heteroatoms. The van der Waals surface area contributed by atoms with Crippen molar-refractivity contribution in [3.63, 3.8) is 0 Å². The molecule has 4 N–H and O–H groups in total. The average Bonchev–Trinajstić information content (AvgIpc) is 2.60. The average molecular weight is 288 g/mol. The largest absolute Gasteiger partial charge is 0.399 e. The predicted molar refractivity (Wildman–Crippen MR) is 83.5 cm³/mol. The lowest BCUT2D eigenvalue weighted by atomic mass is 9.98. The molecule has 2 aromatic rings. The van der Waals surface area contributed by atoms with Crippen LogP contribution in [0.2, 0.25) is 0 Å². The first-order valence-electron chi connectivity index (χ1n) is 7.21. The number of hydrogen-bond donors (Lipinski definition) is 3. The van der Waals surface area contributed by atoms with E-state index in [9.17, 15) is 9.90 Å². The summed E-state index contributed by atoms with van der Waals surface area (Å²) in [5, 5.41) is 10.6. The molecule has 1 aliphatic rings. The highest BCUT2D eigenvalue weighted by atomic mass is 16.3. The monoisotopic (exact) mass is 288 g/mol. The van der Waals surface area contributed by atoms with Crippen molar-refractivity contribution >= 4 is 22.5 Å². The Kier molecular flexibility index (Phi) is 3.33. The number of aromatic amines is 1. The van der Waals surface area contributed by atoms with Crippen LogP contribution in [0.25, 0.3) is 10.9 Å². The lowest BCUT2D eigenvalue weighted by molar-refractivity contribution is 0.0481. The summed E-state index contributed by atoms with van der Waals surface area (Å²) in [6.45, 7) is 3.31. The van der Waals surface area contributed by atoms with Gasteiger partial charge in [0.15, 0.2) is 0 Å². The van der Waals surface area contributed by atoms with E-state index < -0.39 is 5.60 Å². The van der Waals surface area contributed by atoms with Crippen LogP contribution < -0.4 is 16.2 Å². The lowest BCUT2D eigenvalue weighted by Crippen LogP contribution is -2.30. The minimum atomic E-state index is -0.639. The third-order valence-corrected chi connectivity index (χ3v) is 4.08. The first-order valence-corrected chi connectivity index (χ1v) is 7.21. The smallest absolute Gasteiger partial charge is 0.260 e. The molecule has 1 aromatic carbocycles. The van der Waals surface area contributed by atoms with Crippen molar-refractivity contribution in [3.8, 4) is 0 Å². The maximum absolute atomic E-state index is 12.2. The van der Waals surface area contributed by atoms with Crippen molar-refractivity contribution in [2.75, 3.05) is 23.7 Å². The highest BCUT2D eigenvalue weighted by Crippen LogP contribution is 2.24. The van der Waals surface area contributed by atoms with Gasteiger partial charge < -0.3 is 15.7 Å². The molecule has 1 saturated heterocycles. The van der Waals surface area contributed by atoms with Gasteiger partial charge in [0.1, 0.15) is 0 Å². The number of fused-ring (bicyclic) bond motifs is 1. The number of benzene rings is 1. The summed E-state index contributed by atoms with van der Waals surface area (Å²) in [6.07, 6.45) is 2.30. The van der Waals surface area contributed by atoms with Gasteiger partial charge in [0, 0.05) is 18.8 Å². The maximum Gasteiger partial charge on any atom is 0.260 e. The summed E-state index contributed by atoms with van der Waals surface area (Å²) in [5.74, 6) is 0.565. The lowest BCUT2D eigenvalue weighted by Gasteiger charge is -2.23. The molecule has 112 valence electrons. The molecule has 21 heavy (non-hydrogen) atoms. The normalized spacial score (nSPS) is 23.2. The summed E-state index contributed by atoms with van der Waals surface area (Å²) in [4.78, 5) is 21.6. The Labute approximate surface area is 122 Å². The fourth-order valence-corrected chi connectivity index (χ4v) is 2.77. The number of anilines is 2. The first-order chi connectivity index (χ1) is 9.94. The van der Waals surface area contributed by atoms with Crippen LogP contribution in [-0.2, 0) is 0 Å². The van der Waals surface area contributed by atoms with Gasteiger partial charge in [0.2, 0.25) is 5.95 Å². The van der Waals surface area contributed by atoms with E-state index >= 15 is 0 Å². The molecule has 0 spiro atoms. The Morgan fingerprint density at radius 3 is 3.00 bits per heavy atom. The highest BCUT2D eigenvalue weighted by molar-refractivity contribution is 5.81. The zero-order valence-corrected chi connectivity index (χ0v) is 12.1. The van der Waals surface area contributed by atoms with Gasteiger partial charge in [-0.2, -0.15) is 0 Å². The van der Waals surface area contributed by atoms with Crippen LogP contribution in [0.1, 0.15) is 26.2 Å². The molecule has 0 bridgehead atoms. The molecule has 1 aliphatic heterocycles.